The number of carbonyl (C=O) groups excluding carboxylic acids is 1. The van der Waals surface area contributed by atoms with E-state index in [9.17, 15) is 4.79 Å². The Kier molecular flexibility index (Phi) is 6.28. The van der Waals surface area contributed by atoms with E-state index in [1.807, 2.05) is 18.2 Å². The van der Waals surface area contributed by atoms with Crippen LogP contribution in [-0.4, -0.2) is 24.5 Å². The third-order valence-electron chi connectivity index (χ3n) is 3.99. The normalized spacial score (nSPS) is 10.3. The SMILES string of the molecule is COc1ccc(Cl)cc1NC(=O)c1ccnc(NCCc2ccccc2)c1. The molecule has 0 aliphatic rings. The lowest BCUT2D eigenvalue weighted by molar-refractivity contribution is 0.102. The predicted molar refractivity (Wildman–Crippen MR) is 109 cm³/mol. The first kappa shape index (κ1) is 18.7. The number of hydrogen-bond donors (Lipinski definition) is 2. The van der Waals surface area contributed by atoms with Crippen LogP contribution >= 0.6 is 11.6 Å². The third kappa shape index (κ3) is 5.21. The molecule has 2 N–H and O–H groups in total. The summed E-state index contributed by atoms with van der Waals surface area (Å²) in [5.74, 6) is 0.934. The van der Waals surface area contributed by atoms with Crippen LogP contribution < -0.4 is 15.4 Å². The summed E-state index contributed by atoms with van der Waals surface area (Å²) in [4.78, 5) is 16.8. The average Bonchev–Trinajstić information content (AvgIpc) is 2.69. The van der Waals surface area contributed by atoms with Crippen molar-refractivity contribution in [1.29, 1.82) is 0 Å². The molecular formula is C21H20ClN3O2. The van der Waals surface area contributed by atoms with Crippen molar-refractivity contribution in [1.82, 2.24) is 4.98 Å². The fraction of sp³-hybridized carbons (Fsp3) is 0.143. The number of methoxy groups -OCH3 is 1. The monoisotopic (exact) mass is 381 g/mol. The topological polar surface area (TPSA) is 63.2 Å². The molecule has 27 heavy (non-hydrogen) atoms. The van der Waals surface area contributed by atoms with Crippen molar-refractivity contribution in [2.75, 3.05) is 24.3 Å². The maximum Gasteiger partial charge on any atom is 0.255 e. The van der Waals surface area contributed by atoms with Crippen molar-refractivity contribution in [2.45, 2.75) is 6.42 Å². The molecule has 0 saturated carbocycles. The number of hydrogen-bond acceptors (Lipinski definition) is 4. The maximum atomic E-state index is 12.6. The Bertz CT molecular complexity index is 916. The van der Waals surface area contributed by atoms with E-state index in [1.54, 1.807) is 43.6 Å². The molecule has 0 spiro atoms. The minimum absolute atomic E-state index is 0.260. The highest BCUT2D eigenvalue weighted by Gasteiger charge is 2.11. The minimum atomic E-state index is -0.260. The van der Waals surface area contributed by atoms with Crippen LogP contribution in [0.5, 0.6) is 5.75 Å². The van der Waals surface area contributed by atoms with E-state index < -0.39 is 0 Å². The predicted octanol–water partition coefficient (Wildman–Crippen LogP) is 4.65. The minimum Gasteiger partial charge on any atom is -0.495 e. The van der Waals surface area contributed by atoms with Crippen LogP contribution in [0.2, 0.25) is 5.02 Å². The van der Waals surface area contributed by atoms with E-state index in [4.69, 9.17) is 16.3 Å². The van der Waals surface area contributed by atoms with Gasteiger partial charge in [0.1, 0.15) is 11.6 Å². The van der Waals surface area contributed by atoms with Gasteiger partial charge in [0.25, 0.3) is 5.91 Å². The van der Waals surface area contributed by atoms with Gasteiger partial charge >= 0.3 is 0 Å². The van der Waals surface area contributed by atoms with Gasteiger partial charge in [-0.1, -0.05) is 41.9 Å². The molecule has 1 heterocycles. The van der Waals surface area contributed by atoms with Gasteiger partial charge in [0, 0.05) is 23.3 Å². The fourth-order valence-corrected chi connectivity index (χ4v) is 2.79. The standard InChI is InChI=1S/C21H20ClN3O2/c1-27-19-8-7-17(22)14-18(19)25-21(26)16-10-12-24-20(13-16)23-11-9-15-5-3-2-4-6-15/h2-8,10,12-14H,9,11H2,1H3,(H,23,24)(H,25,26). The zero-order valence-corrected chi connectivity index (χ0v) is 15.7. The van der Waals surface area contributed by atoms with Crippen LogP contribution in [0.1, 0.15) is 15.9 Å². The zero-order valence-electron chi connectivity index (χ0n) is 14.9. The summed E-state index contributed by atoms with van der Waals surface area (Å²) in [5.41, 5.74) is 2.26. The molecule has 0 saturated heterocycles. The fourth-order valence-electron chi connectivity index (χ4n) is 2.62. The molecular weight excluding hydrogens is 362 g/mol. The lowest BCUT2D eigenvalue weighted by Gasteiger charge is -2.11. The molecule has 0 fully saturated rings. The number of carbonyl (C=O) groups is 1. The number of nitrogens with one attached hydrogen (secondary N) is 2. The number of aromatic nitrogens is 1. The smallest absolute Gasteiger partial charge is 0.255 e. The van der Waals surface area contributed by atoms with Gasteiger partial charge in [-0.25, -0.2) is 4.98 Å². The van der Waals surface area contributed by atoms with Crippen LogP contribution in [-0.2, 0) is 6.42 Å². The first-order chi connectivity index (χ1) is 13.2. The second-order valence-electron chi connectivity index (χ2n) is 5.89. The van der Waals surface area contributed by atoms with Crippen LogP contribution in [0.25, 0.3) is 0 Å². The Morgan fingerprint density at radius 3 is 2.70 bits per heavy atom. The summed E-state index contributed by atoms with van der Waals surface area (Å²) < 4.78 is 5.26. The summed E-state index contributed by atoms with van der Waals surface area (Å²) in [6.07, 6.45) is 2.48. The molecule has 1 aromatic heterocycles. The number of amides is 1. The molecule has 0 aliphatic heterocycles. The number of ether oxygens (including phenoxy) is 1. The summed E-state index contributed by atoms with van der Waals surface area (Å²) >= 11 is 6.01. The Morgan fingerprint density at radius 1 is 1.11 bits per heavy atom. The summed E-state index contributed by atoms with van der Waals surface area (Å²) in [7, 11) is 1.54. The van der Waals surface area contributed by atoms with Gasteiger partial charge in [-0.15, -0.1) is 0 Å². The highest BCUT2D eigenvalue weighted by molar-refractivity contribution is 6.31. The van der Waals surface area contributed by atoms with Crippen molar-refractivity contribution in [3.63, 3.8) is 0 Å². The van der Waals surface area contributed by atoms with Crippen molar-refractivity contribution in [3.05, 3.63) is 83.0 Å². The van der Waals surface area contributed by atoms with Crippen molar-refractivity contribution < 1.29 is 9.53 Å². The quantitative estimate of drug-likeness (QED) is 0.625. The first-order valence-corrected chi connectivity index (χ1v) is 8.92. The van der Waals surface area contributed by atoms with E-state index in [-0.39, 0.29) is 5.91 Å². The van der Waals surface area contributed by atoms with Gasteiger partial charge in [-0.3, -0.25) is 4.79 Å². The largest absolute Gasteiger partial charge is 0.495 e. The number of nitrogens with zero attached hydrogens (tertiary/aromatic N) is 1. The molecule has 0 atom stereocenters. The van der Waals surface area contributed by atoms with E-state index in [0.29, 0.717) is 27.8 Å². The van der Waals surface area contributed by atoms with Crippen LogP contribution in [0.4, 0.5) is 11.5 Å². The van der Waals surface area contributed by atoms with Crippen LogP contribution in [0.3, 0.4) is 0 Å². The van der Waals surface area contributed by atoms with Gasteiger partial charge in [-0.05, 0) is 42.3 Å². The maximum absolute atomic E-state index is 12.6. The Balaban J connectivity index is 1.64. The van der Waals surface area contributed by atoms with Gasteiger partial charge in [0.15, 0.2) is 0 Å². The lowest BCUT2D eigenvalue weighted by atomic mass is 10.1. The first-order valence-electron chi connectivity index (χ1n) is 8.54. The molecule has 0 bridgehead atoms. The second kappa shape index (κ2) is 9.05. The Hall–Kier alpha value is -3.05. The van der Waals surface area contributed by atoms with Crippen LogP contribution in [0.15, 0.2) is 66.9 Å². The highest BCUT2D eigenvalue weighted by atomic mass is 35.5. The summed E-state index contributed by atoms with van der Waals surface area (Å²) in [5, 5.41) is 6.59. The van der Waals surface area contributed by atoms with E-state index in [1.165, 1.54) is 5.56 Å². The molecule has 0 aliphatic carbocycles. The van der Waals surface area contributed by atoms with E-state index in [0.717, 1.165) is 13.0 Å². The average molecular weight is 382 g/mol. The Morgan fingerprint density at radius 2 is 1.93 bits per heavy atom. The Labute approximate surface area is 163 Å². The number of rotatable bonds is 7. The summed E-state index contributed by atoms with van der Waals surface area (Å²) in [6.45, 7) is 0.726. The second-order valence-corrected chi connectivity index (χ2v) is 6.33. The summed E-state index contributed by atoms with van der Waals surface area (Å²) in [6, 6.07) is 18.6. The van der Waals surface area contributed by atoms with Gasteiger partial charge < -0.3 is 15.4 Å². The highest BCUT2D eigenvalue weighted by Crippen LogP contribution is 2.28. The van der Waals surface area contributed by atoms with Crippen molar-refractivity contribution >= 4 is 29.0 Å². The van der Waals surface area contributed by atoms with Gasteiger partial charge in [0.2, 0.25) is 0 Å². The molecule has 3 aromatic rings. The van der Waals surface area contributed by atoms with Gasteiger partial charge in [-0.2, -0.15) is 0 Å². The molecule has 138 valence electrons. The van der Waals surface area contributed by atoms with Gasteiger partial charge in [0.05, 0.1) is 12.8 Å². The van der Waals surface area contributed by atoms with Crippen LogP contribution in [0, 0.1) is 0 Å². The third-order valence-corrected chi connectivity index (χ3v) is 4.23. The molecule has 3 rings (SSSR count). The molecule has 0 unspecified atom stereocenters. The molecule has 1 amide bonds. The lowest BCUT2D eigenvalue weighted by Crippen LogP contribution is -2.14. The van der Waals surface area contributed by atoms with Crippen molar-refractivity contribution in [3.8, 4) is 5.75 Å². The molecule has 2 aromatic carbocycles. The van der Waals surface area contributed by atoms with Crippen molar-refractivity contribution in [2.24, 2.45) is 0 Å². The molecule has 0 radical (unpaired) electrons. The molecule has 6 heteroatoms. The number of benzene rings is 2. The number of anilines is 2. The molecule has 5 nitrogen and oxygen atoms in total. The number of halogens is 1. The zero-order chi connectivity index (χ0) is 19.1. The number of pyridine rings is 1. The van der Waals surface area contributed by atoms with E-state index in [2.05, 4.69) is 27.8 Å². The van der Waals surface area contributed by atoms with E-state index >= 15 is 0 Å².